The molecular formula is C17H22ClN5O2. The number of nitrogens with zero attached hydrogens (tertiary/aromatic N) is 5. The van der Waals surface area contributed by atoms with Crippen molar-refractivity contribution in [3.63, 3.8) is 0 Å². The third-order valence-electron chi connectivity index (χ3n) is 5.66. The quantitative estimate of drug-likeness (QED) is 0.764. The molecule has 2 aromatic rings. The number of aromatic nitrogens is 4. The highest BCUT2D eigenvalue weighted by Gasteiger charge is 2.45. The van der Waals surface area contributed by atoms with E-state index in [0.29, 0.717) is 5.41 Å². The molecule has 3 fully saturated rings. The van der Waals surface area contributed by atoms with Crippen LogP contribution < -0.4 is 4.90 Å². The number of hydrogen-bond donors (Lipinski definition) is 0. The van der Waals surface area contributed by atoms with Gasteiger partial charge in [0.05, 0.1) is 24.3 Å². The lowest BCUT2D eigenvalue weighted by Crippen LogP contribution is -2.44. The van der Waals surface area contributed by atoms with Crippen LogP contribution in [0.3, 0.4) is 0 Å². The molecule has 0 aliphatic carbocycles. The number of hydrogen-bond acceptors (Lipinski definition) is 6. The Balaban J connectivity index is 1.58. The van der Waals surface area contributed by atoms with Crippen LogP contribution in [0.4, 0.5) is 5.82 Å². The van der Waals surface area contributed by atoms with Gasteiger partial charge in [-0.05, 0) is 44.2 Å². The Labute approximate surface area is 151 Å². The molecule has 0 N–H and O–H groups in total. The maximum atomic E-state index is 6.29. The molecule has 0 radical (unpaired) electrons. The Kier molecular flexibility index (Phi) is 3.66. The van der Waals surface area contributed by atoms with Crippen molar-refractivity contribution in [2.75, 3.05) is 37.8 Å². The van der Waals surface area contributed by atoms with Crippen molar-refractivity contribution in [3.8, 4) is 0 Å². The summed E-state index contributed by atoms with van der Waals surface area (Å²) in [5.41, 5.74) is 2.01. The molecule has 0 aromatic carbocycles. The number of rotatable bonds is 2. The van der Waals surface area contributed by atoms with E-state index in [0.717, 1.165) is 81.1 Å². The average molecular weight is 364 g/mol. The monoisotopic (exact) mass is 363 g/mol. The smallest absolute Gasteiger partial charge is 0.226 e. The molecule has 3 aliphatic heterocycles. The first kappa shape index (κ1) is 15.8. The third-order valence-corrected chi connectivity index (χ3v) is 5.83. The van der Waals surface area contributed by atoms with Crippen molar-refractivity contribution in [1.82, 2.24) is 19.7 Å². The van der Waals surface area contributed by atoms with Gasteiger partial charge in [0.15, 0.2) is 11.9 Å². The van der Waals surface area contributed by atoms with Gasteiger partial charge < -0.3 is 14.4 Å². The van der Waals surface area contributed by atoms with Crippen LogP contribution >= 0.6 is 11.6 Å². The predicted octanol–water partition coefficient (Wildman–Crippen LogP) is 2.71. The molecule has 7 nitrogen and oxygen atoms in total. The highest BCUT2D eigenvalue weighted by Crippen LogP contribution is 2.41. The second-order valence-corrected chi connectivity index (χ2v) is 7.87. The fourth-order valence-corrected chi connectivity index (χ4v) is 4.41. The summed E-state index contributed by atoms with van der Waals surface area (Å²) in [6.45, 7) is 6.40. The van der Waals surface area contributed by atoms with Gasteiger partial charge in [0.1, 0.15) is 5.82 Å². The van der Waals surface area contributed by atoms with E-state index < -0.39 is 0 Å². The molecule has 0 amide bonds. The molecule has 1 unspecified atom stereocenters. The van der Waals surface area contributed by atoms with Crippen LogP contribution in [0.1, 0.15) is 37.6 Å². The van der Waals surface area contributed by atoms with E-state index in [9.17, 15) is 0 Å². The Bertz CT molecular complexity index is 813. The van der Waals surface area contributed by atoms with E-state index >= 15 is 0 Å². The molecule has 0 saturated carbocycles. The second kappa shape index (κ2) is 5.79. The molecular weight excluding hydrogens is 342 g/mol. The summed E-state index contributed by atoms with van der Waals surface area (Å²) in [6, 6.07) is 0. The summed E-state index contributed by atoms with van der Waals surface area (Å²) in [5.74, 6) is 0.901. The van der Waals surface area contributed by atoms with Crippen LogP contribution in [0, 0.1) is 12.3 Å². The zero-order valence-electron chi connectivity index (χ0n) is 14.4. The van der Waals surface area contributed by atoms with E-state index in [2.05, 4.69) is 14.9 Å². The minimum atomic E-state index is -0.0614. The lowest BCUT2D eigenvalue weighted by Gasteiger charge is -2.37. The predicted molar refractivity (Wildman–Crippen MR) is 94.0 cm³/mol. The molecule has 5 rings (SSSR count). The van der Waals surface area contributed by atoms with Gasteiger partial charge in [-0.15, -0.1) is 0 Å². The zero-order chi connectivity index (χ0) is 17.0. The average Bonchev–Trinajstić information content (AvgIpc) is 3.17. The van der Waals surface area contributed by atoms with Crippen LogP contribution in [0.5, 0.6) is 0 Å². The molecule has 0 bridgehead atoms. The third kappa shape index (κ3) is 2.52. The lowest BCUT2D eigenvalue weighted by atomic mass is 9.85. The van der Waals surface area contributed by atoms with Crippen LogP contribution in [0.2, 0.25) is 5.28 Å². The normalized spacial score (nSPS) is 25.7. The van der Waals surface area contributed by atoms with E-state index in [1.54, 1.807) is 0 Å². The first-order chi connectivity index (χ1) is 12.2. The molecule has 3 aliphatic rings. The molecule has 25 heavy (non-hydrogen) atoms. The van der Waals surface area contributed by atoms with Crippen LogP contribution in [-0.2, 0) is 9.47 Å². The number of ether oxygens (including phenoxy) is 2. The summed E-state index contributed by atoms with van der Waals surface area (Å²) in [5, 5.41) is 6.00. The van der Waals surface area contributed by atoms with Crippen molar-refractivity contribution in [1.29, 1.82) is 0 Å². The highest BCUT2D eigenvalue weighted by molar-refractivity contribution is 6.28. The Morgan fingerprint density at radius 2 is 2.12 bits per heavy atom. The van der Waals surface area contributed by atoms with E-state index in [1.807, 2.05) is 11.6 Å². The Morgan fingerprint density at radius 3 is 2.80 bits per heavy atom. The fraction of sp³-hybridized carbons (Fsp3) is 0.706. The van der Waals surface area contributed by atoms with Crippen LogP contribution in [0.25, 0.3) is 11.0 Å². The summed E-state index contributed by atoms with van der Waals surface area (Å²) >= 11 is 6.29. The van der Waals surface area contributed by atoms with Crippen molar-refractivity contribution in [2.24, 2.45) is 5.41 Å². The van der Waals surface area contributed by atoms with Crippen LogP contribution in [-0.4, -0.2) is 52.7 Å². The number of halogens is 1. The van der Waals surface area contributed by atoms with E-state index in [4.69, 9.17) is 26.2 Å². The molecule has 1 atom stereocenters. The number of anilines is 1. The topological polar surface area (TPSA) is 65.3 Å². The zero-order valence-corrected chi connectivity index (χ0v) is 15.1. The first-order valence-corrected chi connectivity index (χ1v) is 9.40. The van der Waals surface area contributed by atoms with Gasteiger partial charge in [-0.3, -0.25) is 0 Å². The summed E-state index contributed by atoms with van der Waals surface area (Å²) in [6.07, 6.45) is 4.28. The lowest BCUT2D eigenvalue weighted by molar-refractivity contribution is -0.0985. The Morgan fingerprint density at radius 1 is 1.24 bits per heavy atom. The maximum absolute atomic E-state index is 6.29. The van der Waals surface area contributed by atoms with Gasteiger partial charge in [0, 0.05) is 25.1 Å². The molecule has 1 spiro atoms. The Hall–Kier alpha value is -1.44. The largest absolute Gasteiger partial charge is 0.380 e. The minimum Gasteiger partial charge on any atom is -0.380 e. The van der Waals surface area contributed by atoms with Crippen molar-refractivity contribution < 1.29 is 9.47 Å². The maximum Gasteiger partial charge on any atom is 0.226 e. The molecule has 3 saturated heterocycles. The minimum absolute atomic E-state index is 0.0614. The molecule has 134 valence electrons. The first-order valence-electron chi connectivity index (χ1n) is 9.02. The van der Waals surface area contributed by atoms with E-state index in [1.165, 1.54) is 0 Å². The van der Waals surface area contributed by atoms with Crippen LogP contribution in [0.15, 0.2) is 0 Å². The van der Waals surface area contributed by atoms with Crippen molar-refractivity contribution >= 4 is 28.5 Å². The van der Waals surface area contributed by atoms with Crippen molar-refractivity contribution in [3.05, 3.63) is 11.0 Å². The van der Waals surface area contributed by atoms with Gasteiger partial charge in [-0.25, -0.2) is 4.68 Å². The highest BCUT2D eigenvalue weighted by atomic mass is 35.5. The fourth-order valence-electron chi connectivity index (χ4n) is 4.25. The summed E-state index contributed by atoms with van der Waals surface area (Å²) in [7, 11) is 0. The van der Waals surface area contributed by atoms with E-state index in [-0.39, 0.29) is 11.5 Å². The second-order valence-electron chi connectivity index (χ2n) is 7.53. The number of fused-ring (bicyclic) bond motifs is 1. The van der Waals surface area contributed by atoms with Crippen molar-refractivity contribution in [2.45, 2.75) is 38.8 Å². The van der Waals surface area contributed by atoms with Gasteiger partial charge in [0.25, 0.3) is 0 Å². The van der Waals surface area contributed by atoms with Gasteiger partial charge >= 0.3 is 0 Å². The molecule has 5 heterocycles. The molecule has 2 aromatic heterocycles. The number of aryl methyl sites for hydroxylation is 1. The van der Waals surface area contributed by atoms with Gasteiger partial charge in [-0.2, -0.15) is 15.1 Å². The summed E-state index contributed by atoms with van der Waals surface area (Å²) < 4.78 is 13.3. The molecule has 8 heteroatoms. The summed E-state index contributed by atoms with van der Waals surface area (Å²) in [4.78, 5) is 11.4. The van der Waals surface area contributed by atoms with Gasteiger partial charge in [-0.1, -0.05) is 0 Å². The standard InChI is InChI=1S/C17H22ClN5O2/c1-11-13-14(22-6-5-17(8-22)9-24-10-17)19-16(18)20-15(13)23(21-11)12-4-2-3-7-25-12/h12H,2-10H2,1H3. The SMILES string of the molecule is Cc1nn(C2CCCCO2)c2nc(Cl)nc(N3CCC4(COC4)C3)c12. The van der Waals surface area contributed by atoms with Gasteiger partial charge in [0.2, 0.25) is 5.28 Å².